The number of hydrogen-bond donors (Lipinski definition) is 0. The summed E-state index contributed by atoms with van der Waals surface area (Å²) in [5.41, 5.74) is 0. The third-order valence-electron chi connectivity index (χ3n) is 8.81. The molecular formula is C38H98O14S2Si12. The van der Waals surface area contributed by atoms with Crippen LogP contribution in [0.1, 0.15) is 40.0 Å². The van der Waals surface area contributed by atoms with Crippen molar-refractivity contribution in [2.75, 3.05) is 19.8 Å². The Morgan fingerprint density at radius 3 is 0.939 bits per heavy atom. The van der Waals surface area contributed by atoms with Crippen LogP contribution in [-0.4, -0.2) is 137 Å². The standard InChI is InChI=1S/C38H98O14S2Si12/c1-28-29-34-55(4,5)42-57(8,9)44-59(12,13)46-61(16,17)48-63(20,21)50-65(24,25)52-66(26,27)51-64(22,23)49-62(18,19)47-60(14,15)45-58(10,11)43-56(6,7)35-30-31-40-32-33-41-38(39)36(2)54-37(3)53/h36H,28-35H2,1-27H3. The fourth-order valence-electron chi connectivity index (χ4n) is 8.89. The minimum atomic E-state index is -2.78. The van der Waals surface area contributed by atoms with Crippen LogP contribution in [0.25, 0.3) is 0 Å². The van der Waals surface area contributed by atoms with Gasteiger partial charge in [-0.15, -0.1) is 11.8 Å². The van der Waals surface area contributed by atoms with Crippen LogP contribution in [-0.2, 0) is 59.5 Å². The van der Waals surface area contributed by atoms with Crippen molar-refractivity contribution in [3.8, 4) is 0 Å². The molecule has 0 aliphatic rings. The Balaban J connectivity index is 5.37. The maximum absolute atomic E-state index is 12.1. The second kappa shape index (κ2) is 26.5. The van der Waals surface area contributed by atoms with Gasteiger partial charge in [-0.25, -0.2) is 0 Å². The van der Waals surface area contributed by atoms with Gasteiger partial charge in [0.05, 0.1) is 6.61 Å². The van der Waals surface area contributed by atoms with Gasteiger partial charge in [0.15, 0.2) is 16.6 Å². The number of thiocarbonyl (C=S) groups is 1. The van der Waals surface area contributed by atoms with Gasteiger partial charge < -0.3 is 54.7 Å². The summed E-state index contributed by atoms with van der Waals surface area (Å²) < 4.78 is 87.0. The predicted molar refractivity (Wildman–Crippen MR) is 308 cm³/mol. The van der Waals surface area contributed by atoms with Crippen molar-refractivity contribution < 1.29 is 59.5 Å². The molecule has 0 aromatic heterocycles. The molecule has 14 nitrogen and oxygen atoms in total. The third-order valence-corrected chi connectivity index (χ3v) is 56.8. The summed E-state index contributed by atoms with van der Waals surface area (Å²) in [6.07, 6.45) is 3.20. The first-order chi connectivity index (χ1) is 29.1. The van der Waals surface area contributed by atoms with Crippen LogP contribution in [0.5, 0.6) is 0 Å². The van der Waals surface area contributed by atoms with Gasteiger partial charge in [0.1, 0.15) is 11.9 Å². The molecule has 0 saturated heterocycles. The molecule has 0 aliphatic carbocycles. The van der Waals surface area contributed by atoms with E-state index in [-0.39, 0.29) is 17.8 Å². The van der Waals surface area contributed by atoms with Gasteiger partial charge in [-0.3, -0.25) is 4.79 Å². The van der Waals surface area contributed by atoms with Crippen molar-refractivity contribution in [1.82, 2.24) is 0 Å². The van der Waals surface area contributed by atoms with E-state index in [1.165, 1.54) is 24.6 Å². The molecule has 0 aromatic carbocycles. The molecule has 0 aromatic rings. The summed E-state index contributed by atoms with van der Waals surface area (Å²) in [6, 6.07) is 2.04. The number of esters is 1. The lowest BCUT2D eigenvalue weighted by molar-refractivity contribution is -0.144. The van der Waals surface area contributed by atoms with Crippen molar-refractivity contribution >= 4 is 136 Å². The fourth-order valence-corrected chi connectivity index (χ4v) is 71.7. The Morgan fingerprint density at radius 1 is 0.424 bits per heavy atom. The zero-order chi connectivity index (χ0) is 52.3. The lowest BCUT2D eigenvalue weighted by Gasteiger charge is -2.45. The number of carbonyl (C=O) groups excluding carboxylic acids is 1. The monoisotopic (exact) mass is 1180 g/mol. The molecule has 0 rings (SSSR count). The normalized spacial score (nSPS) is 15.3. The summed E-state index contributed by atoms with van der Waals surface area (Å²) in [5.74, 6) is -0.278. The second-order valence-electron chi connectivity index (χ2n) is 22.9. The minimum Gasteiger partial charge on any atom is -0.462 e. The number of rotatable bonds is 34. The van der Waals surface area contributed by atoms with E-state index in [1.807, 2.05) is 0 Å². The maximum Gasteiger partial charge on any atom is 0.319 e. The van der Waals surface area contributed by atoms with Gasteiger partial charge in [-0.05, 0) is 189 Å². The Bertz CT molecular complexity index is 1520. The van der Waals surface area contributed by atoms with Crippen LogP contribution in [0.4, 0.5) is 0 Å². The average molecular weight is 1180 g/mol. The summed E-state index contributed by atoms with van der Waals surface area (Å²) in [7, 11) is -30.8. The molecule has 0 heterocycles. The van der Waals surface area contributed by atoms with E-state index in [0.717, 1.165) is 22.7 Å². The zero-order valence-electron chi connectivity index (χ0n) is 46.8. The van der Waals surface area contributed by atoms with Gasteiger partial charge >= 0.3 is 91.6 Å². The van der Waals surface area contributed by atoms with Gasteiger partial charge in [-0.1, -0.05) is 32.0 Å². The summed E-state index contributed by atoms with van der Waals surface area (Å²) in [5, 5.41) is -0.318. The molecule has 394 valence electrons. The molecule has 1 atom stereocenters. The topological polar surface area (TPSA) is 137 Å². The van der Waals surface area contributed by atoms with E-state index in [0.29, 0.717) is 13.2 Å². The molecule has 0 spiro atoms. The lowest BCUT2D eigenvalue weighted by Crippen LogP contribution is -2.62. The molecule has 0 saturated carbocycles. The highest BCUT2D eigenvalue weighted by molar-refractivity contribution is 8.23. The van der Waals surface area contributed by atoms with Crippen molar-refractivity contribution in [3.63, 3.8) is 0 Å². The number of carbonyl (C=O) groups is 1. The van der Waals surface area contributed by atoms with Crippen molar-refractivity contribution in [2.45, 2.75) is 215 Å². The van der Waals surface area contributed by atoms with Crippen molar-refractivity contribution in [1.29, 1.82) is 0 Å². The van der Waals surface area contributed by atoms with Crippen molar-refractivity contribution in [3.05, 3.63) is 0 Å². The third kappa shape index (κ3) is 33.0. The predicted octanol–water partition coefficient (Wildman–Crippen LogP) is 12.8. The SMILES string of the molecule is CCCC[Si](C)(C)O[Si](C)(C)O[Si](C)(C)O[Si](C)(C)O[Si](C)(C)O[Si](C)(C)O[Si](C)(C)O[Si](C)(C)O[Si](C)(C)O[Si](C)(C)O[Si](C)(C)O[Si](C)(C)CCCOCCOC(=O)C(C)SC(C)=S. The summed E-state index contributed by atoms with van der Waals surface area (Å²) in [6.45, 7) is 57.7. The van der Waals surface area contributed by atoms with Crippen LogP contribution >= 0.6 is 24.0 Å². The molecule has 28 heteroatoms. The van der Waals surface area contributed by atoms with Crippen LogP contribution in [0.15, 0.2) is 0 Å². The Kier molecular flexibility index (Phi) is 27.3. The number of thioether (sulfide) groups is 1. The van der Waals surface area contributed by atoms with Crippen LogP contribution < -0.4 is 0 Å². The molecule has 66 heavy (non-hydrogen) atoms. The maximum atomic E-state index is 12.1. The highest BCUT2D eigenvalue weighted by Gasteiger charge is 2.51. The number of hydrogen-bond acceptors (Lipinski definition) is 16. The first kappa shape index (κ1) is 68.0. The van der Waals surface area contributed by atoms with E-state index in [1.54, 1.807) is 13.8 Å². The zero-order valence-corrected chi connectivity index (χ0v) is 60.4. The Labute approximate surface area is 427 Å². The molecule has 0 aliphatic heterocycles. The van der Waals surface area contributed by atoms with Crippen molar-refractivity contribution in [2.24, 2.45) is 0 Å². The smallest absolute Gasteiger partial charge is 0.319 e. The van der Waals surface area contributed by atoms with E-state index in [4.69, 9.17) is 67.0 Å². The Hall–Kier alpha value is 2.03. The molecular weight excluding hydrogens is 1080 g/mol. The van der Waals surface area contributed by atoms with E-state index in [2.05, 4.69) is 164 Å². The lowest BCUT2D eigenvalue weighted by atomic mass is 10.4. The highest BCUT2D eigenvalue weighted by Crippen LogP contribution is 2.32. The number of unbranched alkanes of at least 4 members (excludes halogenated alkanes) is 1. The molecule has 0 radical (unpaired) electrons. The first-order valence-electron chi connectivity index (χ1n) is 23.7. The van der Waals surface area contributed by atoms with Gasteiger partial charge in [0.25, 0.3) is 0 Å². The van der Waals surface area contributed by atoms with Gasteiger partial charge in [-0.2, -0.15) is 0 Å². The van der Waals surface area contributed by atoms with E-state index >= 15 is 0 Å². The highest BCUT2D eigenvalue weighted by atomic mass is 32.2. The molecule has 1 unspecified atom stereocenters. The summed E-state index contributed by atoms with van der Waals surface area (Å²) >= 11 is 6.40. The minimum absolute atomic E-state index is 0.224. The number of ether oxygens (including phenoxy) is 2. The van der Waals surface area contributed by atoms with Crippen LogP contribution in [0.2, 0.25) is 169 Å². The van der Waals surface area contributed by atoms with Crippen LogP contribution in [0.3, 0.4) is 0 Å². The largest absolute Gasteiger partial charge is 0.462 e. The molecule has 0 fully saturated rings. The van der Waals surface area contributed by atoms with E-state index < -0.39 is 102 Å². The second-order valence-corrected chi connectivity index (χ2v) is 70.3. The molecule has 0 amide bonds. The van der Waals surface area contributed by atoms with Gasteiger partial charge in [0, 0.05) is 10.8 Å². The van der Waals surface area contributed by atoms with Gasteiger partial charge in [0.2, 0.25) is 0 Å². The first-order valence-corrected chi connectivity index (χ1v) is 59.4. The van der Waals surface area contributed by atoms with E-state index in [9.17, 15) is 4.79 Å². The Morgan fingerprint density at radius 2 is 0.682 bits per heavy atom. The fraction of sp³-hybridized carbons (Fsp3) is 0.947. The molecule has 0 bridgehead atoms. The summed E-state index contributed by atoms with van der Waals surface area (Å²) in [4.78, 5) is 12.1. The van der Waals surface area contributed by atoms with Crippen LogP contribution in [0, 0.1) is 0 Å². The molecule has 0 N–H and O–H groups in total. The quantitative estimate of drug-likeness (QED) is 0.0261. The average Bonchev–Trinajstić information content (AvgIpc) is 2.95.